The zero-order valence-electron chi connectivity index (χ0n) is 20.3. The number of nitrogens with zero attached hydrogens (tertiary/aromatic N) is 2. The monoisotopic (exact) mass is 428 g/mol. The first kappa shape index (κ1) is 26.5. The van der Waals surface area contributed by atoms with Gasteiger partial charge in [0.25, 0.3) is 0 Å². The number of aliphatic imine (C=N–C) groups is 1. The van der Waals surface area contributed by atoms with Crippen molar-refractivity contribution >= 4 is 12.1 Å². The van der Waals surface area contributed by atoms with Crippen LogP contribution in [0.15, 0.2) is 4.99 Å². The van der Waals surface area contributed by atoms with Crippen molar-refractivity contribution in [3.8, 4) is 0 Å². The molecule has 8 heteroatoms. The van der Waals surface area contributed by atoms with Crippen molar-refractivity contribution in [3.05, 3.63) is 0 Å². The number of likely N-dealkylation sites (tertiary alicyclic amines) is 1. The summed E-state index contributed by atoms with van der Waals surface area (Å²) in [6.07, 6.45) is 2.69. The quantitative estimate of drug-likeness (QED) is 0.351. The molecule has 1 rings (SSSR count). The maximum absolute atomic E-state index is 11.6. The lowest BCUT2D eigenvalue weighted by Crippen LogP contribution is -2.50. The van der Waals surface area contributed by atoms with Crippen LogP contribution in [-0.4, -0.2) is 81.7 Å². The highest BCUT2D eigenvalue weighted by Crippen LogP contribution is 2.21. The van der Waals surface area contributed by atoms with Crippen molar-refractivity contribution in [3.63, 3.8) is 0 Å². The summed E-state index contributed by atoms with van der Waals surface area (Å²) in [4.78, 5) is 18.3. The third-order valence-corrected chi connectivity index (χ3v) is 4.99. The van der Waals surface area contributed by atoms with Gasteiger partial charge in [0, 0.05) is 46.9 Å². The number of methoxy groups -OCH3 is 1. The van der Waals surface area contributed by atoms with Crippen molar-refractivity contribution in [1.29, 1.82) is 0 Å². The first-order chi connectivity index (χ1) is 14.0. The van der Waals surface area contributed by atoms with Crippen LogP contribution in [0.5, 0.6) is 0 Å². The van der Waals surface area contributed by atoms with Crippen LogP contribution in [0.1, 0.15) is 60.8 Å². The Morgan fingerprint density at radius 2 is 1.77 bits per heavy atom. The highest BCUT2D eigenvalue weighted by atomic mass is 16.6. The molecule has 0 radical (unpaired) electrons. The van der Waals surface area contributed by atoms with Crippen LogP contribution in [0.4, 0.5) is 4.79 Å². The largest absolute Gasteiger partial charge is 0.444 e. The molecule has 176 valence electrons. The van der Waals surface area contributed by atoms with Gasteiger partial charge in [0.05, 0.1) is 12.2 Å². The summed E-state index contributed by atoms with van der Waals surface area (Å²) in [5.74, 6) is 0.918. The number of alkyl carbamates (subject to hydrolysis) is 1. The number of guanidine groups is 1. The number of carbonyl (C=O) groups is 1. The van der Waals surface area contributed by atoms with Gasteiger partial charge in [-0.3, -0.25) is 4.99 Å². The summed E-state index contributed by atoms with van der Waals surface area (Å²) in [5.41, 5.74) is -0.402. The molecule has 1 aliphatic rings. The second kappa shape index (κ2) is 12.3. The van der Waals surface area contributed by atoms with E-state index in [0.717, 1.165) is 44.9 Å². The van der Waals surface area contributed by atoms with Crippen LogP contribution in [0.3, 0.4) is 0 Å². The lowest BCUT2D eigenvalue weighted by molar-refractivity contribution is 0.0138. The summed E-state index contributed by atoms with van der Waals surface area (Å²) in [6, 6.07) is 0. The number of hydrogen-bond donors (Lipinski definition) is 2. The van der Waals surface area contributed by atoms with E-state index >= 15 is 0 Å². The van der Waals surface area contributed by atoms with Crippen LogP contribution in [-0.2, 0) is 14.2 Å². The number of ether oxygens (including phenoxy) is 3. The molecule has 0 spiro atoms. The maximum atomic E-state index is 11.6. The van der Waals surface area contributed by atoms with Gasteiger partial charge >= 0.3 is 6.09 Å². The lowest BCUT2D eigenvalue weighted by Gasteiger charge is -2.36. The molecule has 0 aromatic heterocycles. The molecule has 0 aromatic rings. The highest BCUT2D eigenvalue weighted by Gasteiger charge is 2.26. The van der Waals surface area contributed by atoms with Gasteiger partial charge in [-0.15, -0.1) is 0 Å². The van der Waals surface area contributed by atoms with Crippen molar-refractivity contribution in [2.24, 2.45) is 10.4 Å². The summed E-state index contributed by atoms with van der Waals surface area (Å²) >= 11 is 0. The zero-order valence-corrected chi connectivity index (χ0v) is 20.3. The minimum absolute atomic E-state index is 0.0692. The van der Waals surface area contributed by atoms with E-state index in [4.69, 9.17) is 14.2 Å². The molecule has 1 fully saturated rings. The van der Waals surface area contributed by atoms with Crippen LogP contribution in [0, 0.1) is 5.41 Å². The van der Waals surface area contributed by atoms with E-state index in [1.54, 1.807) is 7.11 Å². The molecular weight excluding hydrogens is 384 g/mol. The van der Waals surface area contributed by atoms with Crippen LogP contribution in [0.25, 0.3) is 0 Å². The smallest absolute Gasteiger partial charge is 0.407 e. The van der Waals surface area contributed by atoms with E-state index in [1.165, 1.54) is 0 Å². The molecule has 0 saturated carbocycles. The highest BCUT2D eigenvalue weighted by molar-refractivity contribution is 5.80. The number of piperidine rings is 1. The Kier molecular flexibility index (Phi) is 10.9. The molecule has 0 aliphatic carbocycles. The Bertz CT molecular complexity index is 532. The Labute approximate surface area is 183 Å². The molecule has 0 aromatic carbocycles. The van der Waals surface area contributed by atoms with Gasteiger partial charge in [0.15, 0.2) is 5.96 Å². The standard InChI is InChI=1S/C22H44N4O4/c1-21(2,3)18(28-8)16-25-19(23-7)26-13-10-17(11-14-26)29-15-9-12-24-20(27)30-22(4,5)6/h17-18H,9-16H2,1-8H3,(H,23,25)(H,24,27). The number of nitrogens with one attached hydrogen (secondary N) is 2. The first-order valence-corrected chi connectivity index (χ1v) is 11.0. The topological polar surface area (TPSA) is 84.4 Å². The van der Waals surface area contributed by atoms with Gasteiger partial charge in [-0.2, -0.15) is 0 Å². The molecular formula is C22H44N4O4. The van der Waals surface area contributed by atoms with E-state index in [-0.39, 0.29) is 23.7 Å². The van der Waals surface area contributed by atoms with Crippen LogP contribution in [0.2, 0.25) is 0 Å². The van der Waals surface area contributed by atoms with Gasteiger partial charge in [0.1, 0.15) is 5.60 Å². The second-order valence-corrected chi connectivity index (χ2v) is 9.86. The number of hydrogen-bond acceptors (Lipinski definition) is 5. The molecule has 30 heavy (non-hydrogen) atoms. The summed E-state index contributed by atoms with van der Waals surface area (Å²) in [7, 11) is 3.58. The summed E-state index contributed by atoms with van der Waals surface area (Å²) in [5, 5.41) is 6.22. The Morgan fingerprint density at radius 3 is 2.27 bits per heavy atom. The van der Waals surface area contributed by atoms with Gasteiger partial charge in [0.2, 0.25) is 0 Å². The van der Waals surface area contributed by atoms with Gasteiger partial charge < -0.3 is 29.7 Å². The predicted octanol–water partition coefficient (Wildman–Crippen LogP) is 3.02. The van der Waals surface area contributed by atoms with Crippen molar-refractivity contribution in [2.45, 2.75) is 78.6 Å². The fourth-order valence-corrected chi connectivity index (χ4v) is 3.32. The number of amides is 1. The first-order valence-electron chi connectivity index (χ1n) is 11.0. The Hall–Kier alpha value is -1.54. The van der Waals surface area contributed by atoms with Gasteiger partial charge in [-0.25, -0.2) is 4.79 Å². The average Bonchev–Trinajstić information content (AvgIpc) is 2.63. The molecule has 0 bridgehead atoms. The maximum Gasteiger partial charge on any atom is 0.407 e. The zero-order chi connectivity index (χ0) is 22.8. The van der Waals surface area contributed by atoms with E-state index in [9.17, 15) is 4.79 Å². The summed E-state index contributed by atoms with van der Waals surface area (Å²) < 4.78 is 16.8. The third-order valence-electron chi connectivity index (χ3n) is 4.99. The molecule has 8 nitrogen and oxygen atoms in total. The van der Waals surface area contributed by atoms with Crippen molar-refractivity contribution in [2.75, 3.05) is 46.9 Å². The lowest BCUT2D eigenvalue weighted by atomic mass is 9.89. The molecule has 1 saturated heterocycles. The SMILES string of the molecule is CN=C(NCC(OC)C(C)(C)C)N1CCC(OCCCNC(=O)OC(C)(C)C)CC1. The van der Waals surface area contributed by atoms with Crippen molar-refractivity contribution < 1.29 is 19.0 Å². The van der Waals surface area contributed by atoms with Gasteiger partial charge in [-0.1, -0.05) is 20.8 Å². The van der Waals surface area contributed by atoms with E-state index in [2.05, 4.69) is 41.3 Å². The van der Waals surface area contributed by atoms with Crippen molar-refractivity contribution in [1.82, 2.24) is 15.5 Å². The summed E-state index contributed by atoms with van der Waals surface area (Å²) in [6.45, 7) is 15.8. The number of rotatable bonds is 8. The Morgan fingerprint density at radius 1 is 1.13 bits per heavy atom. The molecule has 1 atom stereocenters. The molecule has 2 N–H and O–H groups in total. The number of carbonyl (C=O) groups excluding carboxylic acids is 1. The minimum atomic E-state index is -0.471. The molecule has 1 heterocycles. The van der Waals surface area contributed by atoms with E-state index in [1.807, 2.05) is 27.8 Å². The predicted molar refractivity (Wildman–Crippen MR) is 121 cm³/mol. The molecule has 1 amide bonds. The van der Waals surface area contributed by atoms with Crippen LogP contribution >= 0.6 is 0 Å². The average molecular weight is 429 g/mol. The fourth-order valence-electron chi connectivity index (χ4n) is 3.32. The van der Waals surface area contributed by atoms with E-state index < -0.39 is 5.60 Å². The van der Waals surface area contributed by atoms with Gasteiger partial charge in [-0.05, 0) is 45.4 Å². The fraction of sp³-hybridized carbons (Fsp3) is 0.909. The molecule has 1 unspecified atom stereocenters. The molecule has 1 aliphatic heterocycles. The Balaban J connectivity index is 2.25. The normalized spacial score (nSPS) is 17.6. The van der Waals surface area contributed by atoms with E-state index in [0.29, 0.717) is 13.2 Å². The van der Waals surface area contributed by atoms with Crippen LogP contribution < -0.4 is 10.6 Å². The third kappa shape index (κ3) is 10.5. The minimum Gasteiger partial charge on any atom is -0.444 e. The second-order valence-electron chi connectivity index (χ2n) is 9.86.